The number of nitriles is 1. The molecule has 0 radical (unpaired) electrons. The van der Waals surface area contributed by atoms with Gasteiger partial charge in [0.1, 0.15) is 11.6 Å². The van der Waals surface area contributed by atoms with Gasteiger partial charge in [0.15, 0.2) is 0 Å². The molecule has 0 aliphatic rings. The number of hydrogen-bond acceptors (Lipinski definition) is 5. The van der Waals surface area contributed by atoms with E-state index in [2.05, 4.69) is 19.9 Å². The molecule has 1 unspecified atom stereocenters. The van der Waals surface area contributed by atoms with Crippen LogP contribution in [-0.4, -0.2) is 23.7 Å². The third-order valence-electron chi connectivity index (χ3n) is 5.84. The van der Waals surface area contributed by atoms with Gasteiger partial charge in [-0.3, -0.25) is 0 Å². The molecule has 0 aliphatic carbocycles. The SMILES string of the molecule is CCCCC(CC)COC(=O)C(C#N)=C(c1ccccc1)c1ccccc1.Nc1ccc(C(=O)O)cc1. The van der Waals surface area contributed by atoms with Gasteiger partial charge in [-0.15, -0.1) is 0 Å². The molecule has 6 nitrogen and oxygen atoms in total. The molecule has 0 amide bonds. The summed E-state index contributed by atoms with van der Waals surface area (Å²) in [5.74, 6) is -1.14. The van der Waals surface area contributed by atoms with Crippen LogP contribution < -0.4 is 5.73 Å². The monoisotopic (exact) mass is 498 g/mol. The number of nitrogens with two attached hydrogens (primary N) is 1. The van der Waals surface area contributed by atoms with Crippen LogP contribution in [0, 0.1) is 17.2 Å². The molecule has 3 N–H and O–H groups in total. The Labute approximate surface area is 219 Å². The van der Waals surface area contributed by atoms with E-state index in [0.717, 1.165) is 36.8 Å². The second-order valence-corrected chi connectivity index (χ2v) is 8.54. The van der Waals surface area contributed by atoms with Crippen LogP contribution in [0.15, 0.2) is 90.5 Å². The normalized spacial score (nSPS) is 10.7. The number of benzene rings is 3. The summed E-state index contributed by atoms with van der Waals surface area (Å²) < 4.78 is 5.55. The highest BCUT2D eigenvalue weighted by molar-refractivity contribution is 6.05. The van der Waals surface area contributed by atoms with Gasteiger partial charge in [0.25, 0.3) is 0 Å². The number of carbonyl (C=O) groups excluding carboxylic acids is 1. The number of unbranched alkanes of at least 4 members (excludes halogenated alkanes) is 1. The van der Waals surface area contributed by atoms with Crippen molar-refractivity contribution in [3.63, 3.8) is 0 Å². The Hall–Kier alpha value is -4.37. The Kier molecular flexibility index (Phi) is 12.2. The lowest BCUT2D eigenvalue weighted by atomic mass is 9.93. The zero-order valence-corrected chi connectivity index (χ0v) is 21.4. The second-order valence-electron chi connectivity index (χ2n) is 8.54. The van der Waals surface area contributed by atoms with Crippen molar-refractivity contribution in [2.75, 3.05) is 12.3 Å². The van der Waals surface area contributed by atoms with Gasteiger partial charge >= 0.3 is 11.9 Å². The van der Waals surface area contributed by atoms with E-state index >= 15 is 0 Å². The Morgan fingerprint density at radius 3 is 1.86 bits per heavy atom. The van der Waals surface area contributed by atoms with Crippen LogP contribution in [0.1, 0.15) is 61.0 Å². The highest BCUT2D eigenvalue weighted by Gasteiger charge is 2.21. The van der Waals surface area contributed by atoms with Crippen LogP contribution in [-0.2, 0) is 9.53 Å². The first-order chi connectivity index (χ1) is 17.9. The van der Waals surface area contributed by atoms with Crippen LogP contribution in [0.2, 0.25) is 0 Å². The maximum absolute atomic E-state index is 12.8. The summed E-state index contributed by atoms with van der Waals surface area (Å²) in [5.41, 5.74) is 8.49. The van der Waals surface area contributed by atoms with Crippen molar-refractivity contribution in [3.05, 3.63) is 107 Å². The average molecular weight is 499 g/mol. The predicted octanol–water partition coefficient (Wildman–Crippen LogP) is 6.74. The first kappa shape index (κ1) is 28.9. The molecule has 0 heterocycles. The molecule has 1 atom stereocenters. The van der Waals surface area contributed by atoms with Crippen molar-refractivity contribution in [2.24, 2.45) is 5.92 Å². The van der Waals surface area contributed by atoms with Crippen molar-refractivity contribution in [2.45, 2.75) is 39.5 Å². The summed E-state index contributed by atoms with van der Waals surface area (Å²) in [7, 11) is 0. The zero-order valence-electron chi connectivity index (χ0n) is 21.4. The molecule has 0 aromatic heterocycles. The van der Waals surface area contributed by atoms with E-state index in [4.69, 9.17) is 15.6 Å². The molecule has 3 aromatic rings. The lowest BCUT2D eigenvalue weighted by Crippen LogP contribution is -2.16. The van der Waals surface area contributed by atoms with Gasteiger partial charge in [-0.25, -0.2) is 9.59 Å². The fourth-order valence-electron chi connectivity index (χ4n) is 3.66. The topological polar surface area (TPSA) is 113 Å². The fraction of sp³-hybridized carbons (Fsp3) is 0.258. The number of nitrogen functional groups attached to an aromatic ring is 1. The van der Waals surface area contributed by atoms with Gasteiger partial charge in [0.05, 0.1) is 12.2 Å². The molecule has 0 fully saturated rings. The minimum absolute atomic E-state index is 0.0535. The number of nitrogens with zero attached hydrogens (tertiary/aromatic N) is 1. The Morgan fingerprint density at radius 1 is 0.892 bits per heavy atom. The van der Waals surface area contributed by atoms with E-state index < -0.39 is 11.9 Å². The van der Waals surface area contributed by atoms with Crippen LogP contribution in [0.3, 0.4) is 0 Å². The molecular weight excluding hydrogens is 464 g/mol. The minimum atomic E-state index is -0.931. The van der Waals surface area contributed by atoms with E-state index in [1.54, 1.807) is 12.1 Å². The maximum Gasteiger partial charge on any atom is 0.349 e. The van der Waals surface area contributed by atoms with Crippen LogP contribution in [0.25, 0.3) is 5.57 Å². The number of aromatic carboxylic acids is 1. The lowest BCUT2D eigenvalue weighted by Gasteiger charge is -2.16. The number of carbonyl (C=O) groups is 2. The molecule has 0 aliphatic heterocycles. The first-order valence-corrected chi connectivity index (χ1v) is 12.4. The Balaban J connectivity index is 0.000000402. The molecule has 0 saturated carbocycles. The van der Waals surface area contributed by atoms with Gasteiger partial charge in [-0.05, 0) is 47.7 Å². The molecule has 0 bridgehead atoms. The Bertz CT molecular complexity index is 1160. The molecule has 192 valence electrons. The fourth-order valence-corrected chi connectivity index (χ4v) is 3.66. The number of ether oxygens (including phenoxy) is 1. The highest BCUT2D eigenvalue weighted by atomic mass is 16.5. The van der Waals surface area contributed by atoms with Crippen LogP contribution >= 0.6 is 0 Å². The van der Waals surface area contributed by atoms with E-state index in [9.17, 15) is 14.9 Å². The number of carboxylic acid groups (broad SMARTS) is 1. The molecule has 0 saturated heterocycles. The molecular formula is C31H34N2O4. The number of anilines is 1. The maximum atomic E-state index is 12.8. The van der Waals surface area contributed by atoms with Gasteiger partial charge in [-0.2, -0.15) is 5.26 Å². The van der Waals surface area contributed by atoms with Gasteiger partial charge in [0.2, 0.25) is 0 Å². The molecule has 3 rings (SSSR count). The number of rotatable bonds is 10. The summed E-state index contributed by atoms with van der Waals surface area (Å²) >= 11 is 0. The number of hydrogen-bond donors (Lipinski definition) is 2. The number of carboxylic acids is 1. The van der Waals surface area contributed by atoms with Crippen LogP contribution in [0.5, 0.6) is 0 Å². The highest BCUT2D eigenvalue weighted by Crippen LogP contribution is 2.27. The van der Waals surface area contributed by atoms with E-state index in [-0.39, 0.29) is 11.1 Å². The van der Waals surface area contributed by atoms with Crippen LogP contribution in [0.4, 0.5) is 5.69 Å². The van der Waals surface area contributed by atoms with E-state index in [1.807, 2.05) is 60.7 Å². The van der Waals surface area contributed by atoms with Crippen molar-refractivity contribution in [1.29, 1.82) is 5.26 Å². The summed E-state index contributed by atoms with van der Waals surface area (Å²) in [4.78, 5) is 23.0. The summed E-state index contributed by atoms with van der Waals surface area (Å²) in [5, 5.41) is 18.2. The quantitative estimate of drug-likeness (QED) is 0.138. The van der Waals surface area contributed by atoms with Gasteiger partial charge < -0.3 is 15.6 Å². The second kappa shape index (κ2) is 15.6. The lowest BCUT2D eigenvalue weighted by molar-refractivity contribution is -0.139. The smallest absolute Gasteiger partial charge is 0.349 e. The first-order valence-electron chi connectivity index (χ1n) is 12.4. The Morgan fingerprint density at radius 2 is 1.43 bits per heavy atom. The van der Waals surface area contributed by atoms with Gasteiger partial charge in [-0.1, -0.05) is 93.8 Å². The summed E-state index contributed by atoms with van der Waals surface area (Å²) in [6, 6.07) is 27.2. The minimum Gasteiger partial charge on any atom is -0.478 e. The number of esters is 1. The third kappa shape index (κ3) is 9.30. The van der Waals surface area contributed by atoms with Crippen molar-refractivity contribution >= 4 is 23.2 Å². The summed E-state index contributed by atoms with van der Waals surface area (Å²) in [6.07, 6.45) is 4.25. The molecule has 6 heteroatoms. The van der Waals surface area contributed by atoms with Crippen molar-refractivity contribution in [3.8, 4) is 6.07 Å². The van der Waals surface area contributed by atoms with Gasteiger partial charge in [0, 0.05) is 11.3 Å². The molecule has 3 aromatic carbocycles. The van der Waals surface area contributed by atoms with Crippen molar-refractivity contribution < 1.29 is 19.4 Å². The molecule has 0 spiro atoms. The average Bonchev–Trinajstić information content (AvgIpc) is 2.93. The standard InChI is InChI=1S/C24H27NO2.C7H7NO2/c1-3-5-12-19(4-2)18-27-24(26)22(17-25)23(20-13-8-6-9-14-20)21-15-10-7-11-16-21;8-6-3-1-5(2-4-6)7(9)10/h6-11,13-16,19H,3-5,12,18H2,1-2H3;1-4H,8H2,(H,9,10). The zero-order chi connectivity index (χ0) is 27.0. The molecule has 37 heavy (non-hydrogen) atoms. The third-order valence-corrected chi connectivity index (χ3v) is 5.84. The predicted molar refractivity (Wildman–Crippen MR) is 147 cm³/mol. The van der Waals surface area contributed by atoms with E-state index in [1.165, 1.54) is 12.1 Å². The largest absolute Gasteiger partial charge is 0.478 e. The summed E-state index contributed by atoms with van der Waals surface area (Å²) in [6.45, 7) is 4.62. The van der Waals surface area contributed by atoms with Crippen molar-refractivity contribution in [1.82, 2.24) is 0 Å². The van der Waals surface area contributed by atoms with E-state index in [0.29, 0.717) is 23.8 Å².